The second-order valence-electron chi connectivity index (χ2n) is 6.58. The van der Waals surface area contributed by atoms with Crippen LogP contribution in [0.1, 0.15) is 21.9 Å². The van der Waals surface area contributed by atoms with Crippen molar-refractivity contribution in [1.29, 1.82) is 0 Å². The van der Waals surface area contributed by atoms with Gasteiger partial charge in [-0.15, -0.1) is 0 Å². The molecule has 0 unspecified atom stereocenters. The molecule has 2 aromatic heterocycles. The van der Waals surface area contributed by atoms with E-state index in [0.29, 0.717) is 53.1 Å². The SMILES string of the molecule is COc1cc2c(cc1Nc1cc(/C(=C/N)c3ncccn3)ncc1C(N)=O)OCCN2. The standard InChI is InChI=1S/C21H21N7O3/c1-30-18-8-16-19(31-6-5-24-16)9-17(18)28-15-7-14(27-11-13(15)20(23)29)12(10-22)21-25-3-2-4-26-21/h2-4,7-11,24H,5-6,22H2,1H3,(H2,23,29)(H,27,28)/b12-10-. The van der Waals surface area contributed by atoms with Crippen molar-refractivity contribution in [3.8, 4) is 11.5 Å². The van der Waals surface area contributed by atoms with Gasteiger partial charge in [-0.25, -0.2) is 9.97 Å². The summed E-state index contributed by atoms with van der Waals surface area (Å²) in [6.07, 6.45) is 5.96. The summed E-state index contributed by atoms with van der Waals surface area (Å²) in [6, 6.07) is 6.98. The number of ether oxygens (including phenoxy) is 2. The van der Waals surface area contributed by atoms with E-state index < -0.39 is 5.91 Å². The fourth-order valence-corrected chi connectivity index (χ4v) is 3.19. The maximum atomic E-state index is 12.0. The number of pyridine rings is 1. The van der Waals surface area contributed by atoms with E-state index in [2.05, 4.69) is 25.6 Å². The van der Waals surface area contributed by atoms with Crippen LogP contribution in [0.25, 0.3) is 5.57 Å². The Morgan fingerprint density at radius 2 is 2.03 bits per heavy atom. The zero-order chi connectivity index (χ0) is 21.8. The zero-order valence-electron chi connectivity index (χ0n) is 16.8. The predicted molar refractivity (Wildman–Crippen MR) is 116 cm³/mol. The molecule has 0 radical (unpaired) electrons. The van der Waals surface area contributed by atoms with Crippen molar-refractivity contribution in [1.82, 2.24) is 15.0 Å². The van der Waals surface area contributed by atoms with E-state index in [-0.39, 0.29) is 5.56 Å². The van der Waals surface area contributed by atoms with E-state index in [9.17, 15) is 4.79 Å². The van der Waals surface area contributed by atoms with Gasteiger partial charge in [0.25, 0.3) is 5.91 Å². The molecule has 10 nitrogen and oxygen atoms in total. The van der Waals surface area contributed by atoms with Crippen LogP contribution in [0.15, 0.2) is 49.1 Å². The molecule has 0 spiro atoms. The monoisotopic (exact) mass is 419 g/mol. The Hall–Kier alpha value is -4.34. The number of carbonyl (C=O) groups excluding carboxylic acids is 1. The van der Waals surface area contributed by atoms with Gasteiger partial charge in [0.15, 0.2) is 5.82 Å². The van der Waals surface area contributed by atoms with Crippen molar-refractivity contribution in [2.75, 3.05) is 30.9 Å². The fourth-order valence-electron chi connectivity index (χ4n) is 3.19. The Balaban J connectivity index is 1.77. The molecule has 0 fully saturated rings. The van der Waals surface area contributed by atoms with Gasteiger partial charge in [-0.3, -0.25) is 9.78 Å². The summed E-state index contributed by atoms with van der Waals surface area (Å²) in [4.78, 5) is 24.8. The molecule has 1 aliphatic heterocycles. The van der Waals surface area contributed by atoms with E-state index in [4.69, 9.17) is 20.9 Å². The number of amides is 1. The van der Waals surface area contributed by atoms with Crippen molar-refractivity contribution >= 4 is 28.5 Å². The molecular formula is C21H21N7O3. The van der Waals surface area contributed by atoms with Crippen LogP contribution in [-0.2, 0) is 0 Å². The van der Waals surface area contributed by atoms with Crippen LogP contribution in [0.4, 0.5) is 17.1 Å². The fraction of sp³-hybridized carbons (Fsp3) is 0.143. The minimum absolute atomic E-state index is 0.202. The van der Waals surface area contributed by atoms with Crippen LogP contribution in [-0.4, -0.2) is 41.1 Å². The molecule has 1 aromatic carbocycles. The molecule has 31 heavy (non-hydrogen) atoms. The lowest BCUT2D eigenvalue weighted by Crippen LogP contribution is -2.18. The van der Waals surface area contributed by atoms with Gasteiger partial charge >= 0.3 is 0 Å². The van der Waals surface area contributed by atoms with Gasteiger partial charge in [0.1, 0.15) is 18.1 Å². The van der Waals surface area contributed by atoms with Crippen molar-refractivity contribution in [2.45, 2.75) is 0 Å². The molecule has 158 valence electrons. The number of carbonyl (C=O) groups is 1. The number of nitrogens with two attached hydrogens (primary N) is 2. The van der Waals surface area contributed by atoms with Crippen molar-refractivity contribution in [3.63, 3.8) is 0 Å². The molecule has 4 rings (SSSR count). The zero-order valence-corrected chi connectivity index (χ0v) is 16.8. The lowest BCUT2D eigenvalue weighted by Gasteiger charge is -2.22. The molecule has 10 heteroatoms. The van der Waals surface area contributed by atoms with Crippen LogP contribution < -0.4 is 31.6 Å². The van der Waals surface area contributed by atoms with Crippen LogP contribution >= 0.6 is 0 Å². The van der Waals surface area contributed by atoms with Crippen molar-refractivity contribution < 1.29 is 14.3 Å². The summed E-state index contributed by atoms with van der Waals surface area (Å²) in [6.45, 7) is 1.25. The minimum atomic E-state index is -0.634. The second-order valence-corrected chi connectivity index (χ2v) is 6.58. The number of rotatable bonds is 6. The van der Waals surface area contributed by atoms with Gasteiger partial charge < -0.3 is 31.6 Å². The number of hydrogen-bond donors (Lipinski definition) is 4. The number of fused-ring (bicyclic) bond motifs is 1. The summed E-state index contributed by atoms with van der Waals surface area (Å²) >= 11 is 0. The van der Waals surface area contributed by atoms with Gasteiger partial charge in [0.2, 0.25) is 0 Å². The lowest BCUT2D eigenvalue weighted by molar-refractivity contribution is 0.100. The Kier molecular flexibility index (Phi) is 5.52. The number of benzene rings is 1. The normalized spacial score (nSPS) is 12.9. The largest absolute Gasteiger partial charge is 0.494 e. The summed E-state index contributed by atoms with van der Waals surface area (Å²) < 4.78 is 11.2. The molecule has 3 heterocycles. The number of anilines is 3. The molecule has 1 aliphatic rings. The summed E-state index contributed by atoms with van der Waals surface area (Å²) in [5.74, 6) is 1.00. The average molecular weight is 419 g/mol. The first-order chi connectivity index (χ1) is 15.1. The Morgan fingerprint density at radius 1 is 1.23 bits per heavy atom. The number of hydrogen-bond acceptors (Lipinski definition) is 9. The van der Waals surface area contributed by atoms with Crippen LogP contribution in [0, 0.1) is 0 Å². The number of methoxy groups -OCH3 is 1. The minimum Gasteiger partial charge on any atom is -0.494 e. The molecule has 0 bridgehead atoms. The van der Waals surface area contributed by atoms with Gasteiger partial charge in [-0.2, -0.15) is 0 Å². The molecule has 0 atom stereocenters. The first-order valence-corrected chi connectivity index (χ1v) is 9.46. The lowest BCUT2D eigenvalue weighted by atomic mass is 10.1. The number of primary amides is 1. The highest BCUT2D eigenvalue weighted by Gasteiger charge is 2.19. The predicted octanol–water partition coefficient (Wildman–Crippen LogP) is 1.87. The summed E-state index contributed by atoms with van der Waals surface area (Å²) in [7, 11) is 1.56. The van der Waals surface area contributed by atoms with Gasteiger partial charge in [-0.05, 0) is 12.1 Å². The van der Waals surface area contributed by atoms with Crippen molar-refractivity contribution in [2.24, 2.45) is 11.5 Å². The first kappa shape index (κ1) is 20.0. The van der Waals surface area contributed by atoms with E-state index in [1.165, 1.54) is 12.4 Å². The van der Waals surface area contributed by atoms with E-state index >= 15 is 0 Å². The van der Waals surface area contributed by atoms with Crippen LogP contribution in [0.2, 0.25) is 0 Å². The smallest absolute Gasteiger partial charge is 0.252 e. The third-order valence-corrected chi connectivity index (χ3v) is 4.66. The highest BCUT2D eigenvalue weighted by atomic mass is 16.5. The Labute approximate surface area is 178 Å². The second kappa shape index (κ2) is 8.57. The van der Waals surface area contributed by atoms with Gasteiger partial charge in [0, 0.05) is 43.5 Å². The van der Waals surface area contributed by atoms with Crippen LogP contribution in [0.3, 0.4) is 0 Å². The topological polar surface area (TPSA) is 150 Å². The molecule has 1 amide bonds. The Morgan fingerprint density at radius 3 is 2.74 bits per heavy atom. The van der Waals surface area contributed by atoms with Gasteiger partial charge in [-0.1, -0.05) is 0 Å². The molecule has 3 aromatic rings. The number of nitrogens with one attached hydrogen (secondary N) is 2. The average Bonchev–Trinajstić information content (AvgIpc) is 2.80. The number of nitrogens with zero attached hydrogens (tertiary/aromatic N) is 3. The molecule has 6 N–H and O–H groups in total. The summed E-state index contributed by atoms with van der Waals surface area (Å²) in [5, 5.41) is 6.47. The third-order valence-electron chi connectivity index (χ3n) is 4.66. The highest BCUT2D eigenvalue weighted by Crippen LogP contribution is 2.39. The maximum Gasteiger partial charge on any atom is 0.252 e. The maximum absolute atomic E-state index is 12.0. The molecular weight excluding hydrogens is 398 g/mol. The third kappa shape index (κ3) is 4.04. The van der Waals surface area contributed by atoms with E-state index in [0.717, 1.165) is 5.69 Å². The molecule has 0 saturated carbocycles. The van der Waals surface area contributed by atoms with Gasteiger partial charge in [0.05, 0.1) is 41.0 Å². The van der Waals surface area contributed by atoms with E-state index in [1.54, 1.807) is 37.7 Å². The van der Waals surface area contributed by atoms with E-state index in [1.807, 2.05) is 6.07 Å². The summed E-state index contributed by atoms with van der Waals surface area (Å²) in [5.41, 5.74) is 14.4. The van der Waals surface area contributed by atoms with Crippen LogP contribution in [0.5, 0.6) is 11.5 Å². The molecule has 0 saturated heterocycles. The number of aromatic nitrogens is 3. The first-order valence-electron chi connectivity index (χ1n) is 9.46. The highest BCUT2D eigenvalue weighted by molar-refractivity contribution is 6.00. The molecule has 0 aliphatic carbocycles. The van der Waals surface area contributed by atoms with Crippen molar-refractivity contribution in [3.05, 3.63) is 66.1 Å². The Bertz CT molecular complexity index is 1150. The quantitative estimate of drug-likeness (QED) is 0.469.